The number of unbranched alkanes of at least 4 members (excludes halogenated alkanes) is 3. The zero-order valence-electron chi connectivity index (χ0n) is 22.0. The van der Waals surface area contributed by atoms with Crippen molar-refractivity contribution in [3.8, 4) is 0 Å². The number of hydrazone groups is 1. The third-order valence-electron chi connectivity index (χ3n) is 6.98. The molecule has 0 spiro atoms. The lowest BCUT2D eigenvalue weighted by Crippen LogP contribution is -2.33. The molecule has 35 heavy (non-hydrogen) atoms. The van der Waals surface area contributed by atoms with Gasteiger partial charge in [-0.1, -0.05) is 119 Å². The molecule has 0 amide bonds. The van der Waals surface area contributed by atoms with Crippen LogP contribution in [0.15, 0.2) is 59.7 Å². The van der Waals surface area contributed by atoms with E-state index in [-0.39, 0.29) is 0 Å². The first-order chi connectivity index (χ1) is 17.1. The van der Waals surface area contributed by atoms with Crippen LogP contribution in [-0.2, 0) is 0 Å². The van der Waals surface area contributed by atoms with Gasteiger partial charge in [0, 0.05) is 42.0 Å². The van der Waals surface area contributed by atoms with Gasteiger partial charge >= 0.3 is 0 Å². The first kappa shape index (κ1) is 27.9. The second-order valence-electron chi connectivity index (χ2n) is 9.75. The van der Waals surface area contributed by atoms with Crippen molar-refractivity contribution in [2.45, 2.75) is 78.1 Å². The van der Waals surface area contributed by atoms with Gasteiger partial charge in [-0.2, -0.15) is 5.10 Å². The monoisotopic (exact) mass is 513 g/mol. The molecule has 0 aliphatic carbocycles. The Labute approximate surface area is 223 Å². The molecular weight excluding hydrogens is 470 g/mol. The number of nitrogens with zero attached hydrogens (tertiary/aromatic N) is 3. The third kappa shape index (κ3) is 9.06. The molecule has 1 aliphatic heterocycles. The molecule has 192 valence electrons. The predicted molar refractivity (Wildman–Crippen MR) is 157 cm³/mol. The molecule has 5 heteroatoms. The van der Waals surface area contributed by atoms with Gasteiger partial charge < -0.3 is 4.90 Å². The van der Waals surface area contributed by atoms with Crippen LogP contribution >= 0.6 is 23.4 Å². The van der Waals surface area contributed by atoms with Crippen LogP contribution in [0.1, 0.15) is 83.6 Å². The second-order valence-corrected chi connectivity index (χ2v) is 11.3. The van der Waals surface area contributed by atoms with Crippen LogP contribution in [0, 0.1) is 5.92 Å². The van der Waals surface area contributed by atoms with E-state index in [1.165, 1.54) is 56.9 Å². The van der Waals surface area contributed by atoms with Crippen LogP contribution in [0.4, 0.5) is 5.69 Å². The highest BCUT2D eigenvalue weighted by Gasteiger charge is 2.24. The van der Waals surface area contributed by atoms with Gasteiger partial charge in [-0.15, -0.1) is 0 Å². The van der Waals surface area contributed by atoms with E-state index in [1.54, 1.807) is 0 Å². The maximum Gasteiger partial charge on any atom is 0.187 e. The van der Waals surface area contributed by atoms with Crippen molar-refractivity contribution in [2.24, 2.45) is 11.0 Å². The molecule has 1 fully saturated rings. The molecule has 1 saturated heterocycles. The fourth-order valence-corrected chi connectivity index (χ4v) is 6.09. The van der Waals surface area contributed by atoms with Crippen molar-refractivity contribution in [1.82, 2.24) is 5.01 Å². The van der Waals surface area contributed by atoms with Crippen LogP contribution in [-0.4, -0.2) is 35.6 Å². The smallest absolute Gasteiger partial charge is 0.187 e. The normalized spacial score (nSPS) is 16.6. The summed E-state index contributed by atoms with van der Waals surface area (Å²) in [6.07, 6.45) is 10.2. The maximum absolute atomic E-state index is 6.32. The molecule has 2 unspecified atom stereocenters. The predicted octanol–water partition coefficient (Wildman–Crippen LogP) is 9.05. The van der Waals surface area contributed by atoms with E-state index in [0.29, 0.717) is 11.8 Å². The van der Waals surface area contributed by atoms with E-state index >= 15 is 0 Å². The Balaban J connectivity index is 1.83. The van der Waals surface area contributed by atoms with E-state index in [0.717, 1.165) is 41.3 Å². The lowest BCUT2D eigenvalue weighted by atomic mass is 9.93. The Hall–Kier alpha value is -1.65. The van der Waals surface area contributed by atoms with Crippen molar-refractivity contribution in [2.75, 3.05) is 30.3 Å². The van der Waals surface area contributed by atoms with E-state index in [9.17, 15) is 0 Å². The van der Waals surface area contributed by atoms with Gasteiger partial charge in [-0.05, 0) is 42.5 Å². The average molecular weight is 514 g/mol. The van der Waals surface area contributed by atoms with E-state index in [2.05, 4.69) is 73.1 Å². The first-order valence-corrected chi connectivity index (χ1v) is 15.0. The number of thioether (sulfide) groups is 1. The minimum Gasteiger partial charge on any atom is -0.319 e. The van der Waals surface area contributed by atoms with Crippen LogP contribution in [0.25, 0.3) is 0 Å². The summed E-state index contributed by atoms with van der Waals surface area (Å²) in [7, 11) is 0. The Kier molecular flexibility index (Phi) is 12.3. The molecule has 0 aromatic heterocycles. The van der Waals surface area contributed by atoms with Gasteiger partial charge in [0.15, 0.2) is 5.17 Å². The summed E-state index contributed by atoms with van der Waals surface area (Å²) in [6, 6.07) is 19.2. The highest BCUT2D eigenvalue weighted by Crippen LogP contribution is 2.30. The number of hydrogen-bond donors (Lipinski definition) is 0. The van der Waals surface area contributed by atoms with Gasteiger partial charge in [0.05, 0.1) is 0 Å². The molecule has 2 atom stereocenters. The van der Waals surface area contributed by atoms with Crippen molar-refractivity contribution >= 4 is 34.2 Å². The van der Waals surface area contributed by atoms with Crippen LogP contribution in [0.2, 0.25) is 5.02 Å². The van der Waals surface area contributed by atoms with Crippen LogP contribution < -0.4 is 4.90 Å². The van der Waals surface area contributed by atoms with Crippen molar-refractivity contribution < 1.29 is 0 Å². The van der Waals surface area contributed by atoms with Crippen molar-refractivity contribution in [1.29, 1.82) is 0 Å². The summed E-state index contributed by atoms with van der Waals surface area (Å²) < 4.78 is 0. The molecule has 2 aromatic rings. The highest BCUT2D eigenvalue weighted by atomic mass is 35.5. The largest absolute Gasteiger partial charge is 0.319 e. The van der Waals surface area contributed by atoms with Crippen LogP contribution in [0.5, 0.6) is 0 Å². The zero-order chi connectivity index (χ0) is 24.9. The Morgan fingerprint density at radius 2 is 1.77 bits per heavy atom. The number of anilines is 1. The molecule has 3 nitrogen and oxygen atoms in total. The van der Waals surface area contributed by atoms with Crippen molar-refractivity contribution in [3.63, 3.8) is 0 Å². The van der Waals surface area contributed by atoms with Gasteiger partial charge in [-0.3, -0.25) is 5.01 Å². The Bertz CT molecular complexity index is 888. The highest BCUT2D eigenvalue weighted by molar-refractivity contribution is 8.14. The fraction of sp³-hybridized carbons (Fsp3) is 0.567. The SMILES string of the molecule is CCCCCCC(CC)CN(CC(CCC)c1ccccc1)N=C1SCCN1c1cccc(Cl)c1. The summed E-state index contributed by atoms with van der Waals surface area (Å²) in [6.45, 7) is 9.90. The quantitative estimate of drug-likeness (QED) is 0.175. The second kappa shape index (κ2) is 15.5. The minimum absolute atomic E-state index is 0.495. The number of halogens is 1. The Morgan fingerprint density at radius 1 is 0.943 bits per heavy atom. The average Bonchev–Trinajstić information content (AvgIpc) is 3.34. The summed E-state index contributed by atoms with van der Waals surface area (Å²) in [5.74, 6) is 2.24. The van der Waals surface area contributed by atoms with Gasteiger partial charge in [0.1, 0.15) is 0 Å². The first-order valence-electron chi connectivity index (χ1n) is 13.7. The molecule has 0 saturated carbocycles. The molecule has 1 aliphatic rings. The summed E-state index contributed by atoms with van der Waals surface area (Å²) in [5, 5.41) is 9.63. The summed E-state index contributed by atoms with van der Waals surface area (Å²) in [5.41, 5.74) is 2.57. The zero-order valence-corrected chi connectivity index (χ0v) is 23.5. The maximum atomic E-state index is 6.32. The molecule has 1 heterocycles. The topological polar surface area (TPSA) is 18.8 Å². The molecule has 0 N–H and O–H groups in total. The van der Waals surface area contributed by atoms with E-state index in [1.807, 2.05) is 23.9 Å². The number of hydrogen-bond acceptors (Lipinski definition) is 3. The lowest BCUT2D eigenvalue weighted by molar-refractivity contribution is 0.211. The number of amidine groups is 1. The molecule has 0 radical (unpaired) electrons. The summed E-state index contributed by atoms with van der Waals surface area (Å²) in [4.78, 5) is 2.34. The van der Waals surface area contributed by atoms with Gasteiger partial charge in [0.2, 0.25) is 0 Å². The van der Waals surface area contributed by atoms with Crippen LogP contribution in [0.3, 0.4) is 0 Å². The molecular formula is C30H44ClN3S. The fourth-order valence-electron chi connectivity index (χ4n) is 4.92. The number of rotatable bonds is 15. The van der Waals surface area contributed by atoms with E-state index < -0.39 is 0 Å². The van der Waals surface area contributed by atoms with Gasteiger partial charge in [-0.25, -0.2) is 0 Å². The van der Waals surface area contributed by atoms with Crippen molar-refractivity contribution in [3.05, 3.63) is 65.2 Å². The molecule has 0 bridgehead atoms. The summed E-state index contributed by atoms with van der Waals surface area (Å²) >= 11 is 8.19. The molecule has 2 aromatic carbocycles. The van der Waals surface area contributed by atoms with Gasteiger partial charge in [0.25, 0.3) is 0 Å². The third-order valence-corrected chi connectivity index (χ3v) is 8.16. The standard InChI is InChI=1S/C30H44ClN3S/c1-4-7-8-10-15-25(6-3)23-33(24-27(14-5-2)26-16-11-9-12-17-26)32-30-34(20-21-35-30)29-19-13-18-28(31)22-29/h9,11-13,16-19,22,25,27H,4-8,10,14-15,20-21,23-24H2,1-3H3. The molecule has 3 rings (SSSR count). The Morgan fingerprint density at radius 3 is 2.49 bits per heavy atom. The minimum atomic E-state index is 0.495. The van der Waals surface area contributed by atoms with E-state index in [4.69, 9.17) is 16.7 Å². The number of benzene rings is 2. The lowest BCUT2D eigenvalue weighted by Gasteiger charge is -2.30.